The molecule has 1 amide bonds. The summed E-state index contributed by atoms with van der Waals surface area (Å²) in [6, 6.07) is 5.49. The third-order valence-corrected chi connectivity index (χ3v) is 5.25. The van der Waals surface area contributed by atoms with Crippen LogP contribution >= 0.6 is 11.6 Å². The number of carbonyl (C=O) groups excluding carboxylic acids is 1. The average molecular weight is 443 g/mol. The number of aryl methyl sites for hydroxylation is 2. The van der Waals surface area contributed by atoms with Crippen LogP contribution < -0.4 is 15.5 Å². The van der Waals surface area contributed by atoms with E-state index in [-0.39, 0.29) is 11.8 Å². The van der Waals surface area contributed by atoms with Crippen LogP contribution in [0.15, 0.2) is 28.8 Å². The van der Waals surface area contributed by atoms with Crippen LogP contribution in [0.25, 0.3) is 0 Å². The number of anilines is 4. The Morgan fingerprint density at radius 2 is 1.90 bits per heavy atom. The van der Waals surface area contributed by atoms with Crippen molar-refractivity contribution in [3.8, 4) is 0 Å². The van der Waals surface area contributed by atoms with Gasteiger partial charge in [0, 0.05) is 26.2 Å². The van der Waals surface area contributed by atoms with Crippen LogP contribution in [0, 0.1) is 13.8 Å². The SMILES string of the molecule is Cc1nc(Nc2ncc(C(=O)Nc3c(C)cccc3Cl)o2)nc(N2CCN(C)CC2)n1. The summed E-state index contributed by atoms with van der Waals surface area (Å²) in [5, 5.41) is 6.11. The van der Waals surface area contributed by atoms with Gasteiger partial charge in [0.15, 0.2) is 0 Å². The Balaban J connectivity index is 1.47. The lowest BCUT2D eigenvalue weighted by Gasteiger charge is -2.32. The van der Waals surface area contributed by atoms with E-state index in [0.717, 1.165) is 31.7 Å². The van der Waals surface area contributed by atoms with Gasteiger partial charge >= 0.3 is 6.01 Å². The van der Waals surface area contributed by atoms with Gasteiger partial charge in [-0.15, -0.1) is 0 Å². The van der Waals surface area contributed by atoms with Gasteiger partial charge in [-0.2, -0.15) is 15.0 Å². The lowest BCUT2D eigenvalue weighted by atomic mass is 10.2. The first-order valence-corrected chi connectivity index (χ1v) is 10.2. The molecule has 162 valence electrons. The molecule has 1 saturated heterocycles. The second-order valence-electron chi connectivity index (χ2n) is 7.34. The molecule has 2 N–H and O–H groups in total. The van der Waals surface area contributed by atoms with Gasteiger partial charge in [-0.05, 0) is 32.5 Å². The van der Waals surface area contributed by atoms with Crippen LogP contribution in [0.5, 0.6) is 0 Å². The number of amides is 1. The van der Waals surface area contributed by atoms with Crippen LogP contribution in [-0.2, 0) is 0 Å². The zero-order valence-electron chi connectivity index (χ0n) is 17.5. The number of nitrogens with one attached hydrogen (secondary N) is 2. The van der Waals surface area contributed by atoms with Gasteiger partial charge in [-0.3, -0.25) is 10.1 Å². The van der Waals surface area contributed by atoms with Gasteiger partial charge in [0.05, 0.1) is 16.9 Å². The van der Waals surface area contributed by atoms with Gasteiger partial charge in [-0.25, -0.2) is 4.98 Å². The molecule has 0 unspecified atom stereocenters. The maximum Gasteiger partial charge on any atom is 0.302 e. The lowest BCUT2D eigenvalue weighted by molar-refractivity contribution is 0.0997. The minimum Gasteiger partial charge on any atom is -0.418 e. The first-order chi connectivity index (χ1) is 14.9. The van der Waals surface area contributed by atoms with Crippen molar-refractivity contribution >= 4 is 41.1 Å². The molecule has 0 radical (unpaired) electrons. The summed E-state index contributed by atoms with van der Waals surface area (Å²) in [4.78, 5) is 34.2. The van der Waals surface area contributed by atoms with E-state index in [1.165, 1.54) is 6.20 Å². The Labute approximate surface area is 184 Å². The Hall–Kier alpha value is -3.24. The zero-order valence-corrected chi connectivity index (χ0v) is 18.3. The molecule has 10 nitrogen and oxygen atoms in total. The molecule has 1 aromatic carbocycles. The molecule has 11 heteroatoms. The fourth-order valence-electron chi connectivity index (χ4n) is 3.17. The van der Waals surface area contributed by atoms with Crippen molar-refractivity contribution in [2.75, 3.05) is 48.8 Å². The molecule has 0 bridgehead atoms. The first-order valence-electron chi connectivity index (χ1n) is 9.84. The Morgan fingerprint density at radius 1 is 1.13 bits per heavy atom. The molecular weight excluding hydrogens is 420 g/mol. The van der Waals surface area contributed by atoms with Crippen LogP contribution in [-0.4, -0.2) is 64.0 Å². The number of benzene rings is 1. The van der Waals surface area contributed by atoms with E-state index >= 15 is 0 Å². The number of rotatable bonds is 5. The second kappa shape index (κ2) is 8.86. The number of hydrogen-bond acceptors (Lipinski definition) is 9. The van der Waals surface area contributed by atoms with E-state index in [2.05, 4.69) is 47.4 Å². The van der Waals surface area contributed by atoms with Crippen molar-refractivity contribution in [2.24, 2.45) is 0 Å². The van der Waals surface area contributed by atoms with E-state index in [9.17, 15) is 4.79 Å². The predicted molar refractivity (Wildman–Crippen MR) is 118 cm³/mol. The highest BCUT2D eigenvalue weighted by Crippen LogP contribution is 2.26. The van der Waals surface area contributed by atoms with E-state index < -0.39 is 5.91 Å². The maximum absolute atomic E-state index is 12.5. The summed E-state index contributed by atoms with van der Waals surface area (Å²) in [6.07, 6.45) is 1.33. The Morgan fingerprint density at radius 3 is 2.65 bits per heavy atom. The van der Waals surface area contributed by atoms with E-state index in [4.69, 9.17) is 16.0 Å². The van der Waals surface area contributed by atoms with Crippen molar-refractivity contribution < 1.29 is 9.21 Å². The molecule has 1 aliphatic rings. The van der Waals surface area contributed by atoms with Crippen molar-refractivity contribution in [1.29, 1.82) is 0 Å². The number of para-hydroxylation sites is 1. The number of hydrogen-bond donors (Lipinski definition) is 2. The molecule has 0 aliphatic carbocycles. The van der Waals surface area contributed by atoms with Crippen LogP contribution in [0.4, 0.5) is 23.6 Å². The normalized spacial score (nSPS) is 14.5. The van der Waals surface area contributed by atoms with Crippen molar-refractivity contribution in [2.45, 2.75) is 13.8 Å². The molecule has 2 aromatic heterocycles. The van der Waals surface area contributed by atoms with E-state index in [1.54, 1.807) is 13.0 Å². The van der Waals surface area contributed by atoms with Crippen LogP contribution in [0.2, 0.25) is 5.02 Å². The minimum absolute atomic E-state index is 0.0342. The van der Waals surface area contributed by atoms with Crippen LogP contribution in [0.1, 0.15) is 21.9 Å². The monoisotopic (exact) mass is 442 g/mol. The number of likely N-dealkylation sites (N-methyl/N-ethyl adjacent to an activating group) is 1. The maximum atomic E-state index is 12.5. The van der Waals surface area contributed by atoms with Gasteiger partial charge in [0.1, 0.15) is 5.82 Å². The Bertz CT molecular complexity index is 1070. The molecule has 0 saturated carbocycles. The minimum atomic E-state index is -0.457. The van der Waals surface area contributed by atoms with Gasteiger partial charge in [-0.1, -0.05) is 23.7 Å². The number of piperazine rings is 1. The standard InChI is InChI=1S/C20H23ClN8O2/c1-12-5-4-6-14(21)16(12)25-17(30)15-11-22-20(31-15)27-18-23-13(2)24-19(26-18)29-9-7-28(3)8-10-29/h4-6,11H,7-10H2,1-3H3,(H,25,30)(H,22,23,24,26,27). The predicted octanol–water partition coefficient (Wildman–Crippen LogP) is 2.88. The summed E-state index contributed by atoms with van der Waals surface area (Å²) >= 11 is 6.17. The summed E-state index contributed by atoms with van der Waals surface area (Å²) in [7, 11) is 2.09. The third-order valence-electron chi connectivity index (χ3n) is 4.93. The Kier molecular flexibility index (Phi) is 6.01. The second-order valence-corrected chi connectivity index (χ2v) is 7.74. The lowest BCUT2D eigenvalue weighted by Crippen LogP contribution is -2.45. The smallest absolute Gasteiger partial charge is 0.302 e. The summed E-state index contributed by atoms with van der Waals surface area (Å²) in [5.41, 5.74) is 1.38. The fourth-order valence-corrected chi connectivity index (χ4v) is 3.44. The first kappa shape index (κ1) is 21.0. The number of halogens is 1. The zero-order chi connectivity index (χ0) is 22.0. The van der Waals surface area contributed by atoms with Crippen molar-refractivity contribution in [3.63, 3.8) is 0 Å². The van der Waals surface area contributed by atoms with Crippen molar-refractivity contribution in [3.05, 3.63) is 46.6 Å². The summed E-state index contributed by atoms with van der Waals surface area (Å²) in [5.74, 6) is 1.05. The molecule has 1 aliphatic heterocycles. The molecule has 3 heterocycles. The number of aromatic nitrogens is 4. The topological polar surface area (TPSA) is 112 Å². The average Bonchev–Trinajstić information content (AvgIpc) is 3.19. The molecule has 0 atom stereocenters. The molecule has 3 aromatic rings. The van der Waals surface area contributed by atoms with E-state index in [0.29, 0.717) is 28.4 Å². The van der Waals surface area contributed by atoms with Gasteiger partial charge in [0.25, 0.3) is 5.91 Å². The molecule has 1 fully saturated rings. The largest absolute Gasteiger partial charge is 0.418 e. The summed E-state index contributed by atoms with van der Waals surface area (Å²) < 4.78 is 5.54. The fraction of sp³-hybridized carbons (Fsp3) is 0.350. The molecular formula is C20H23ClN8O2. The van der Waals surface area contributed by atoms with E-state index in [1.807, 2.05) is 19.1 Å². The highest BCUT2D eigenvalue weighted by molar-refractivity contribution is 6.34. The van der Waals surface area contributed by atoms with Gasteiger partial charge in [0.2, 0.25) is 17.7 Å². The molecule has 31 heavy (non-hydrogen) atoms. The number of carbonyl (C=O) groups is 1. The number of nitrogens with zero attached hydrogens (tertiary/aromatic N) is 6. The highest BCUT2D eigenvalue weighted by Gasteiger charge is 2.19. The molecule has 4 rings (SSSR count). The van der Waals surface area contributed by atoms with Crippen LogP contribution in [0.3, 0.4) is 0 Å². The molecule has 0 spiro atoms. The quantitative estimate of drug-likeness (QED) is 0.615. The number of oxazole rings is 1. The van der Waals surface area contributed by atoms with Gasteiger partial charge < -0.3 is 19.5 Å². The highest BCUT2D eigenvalue weighted by atomic mass is 35.5. The third kappa shape index (κ3) is 4.92. The summed E-state index contributed by atoms with van der Waals surface area (Å²) in [6.45, 7) is 7.21. The van der Waals surface area contributed by atoms with Crippen molar-refractivity contribution in [1.82, 2.24) is 24.8 Å².